The van der Waals surface area contributed by atoms with Crippen LogP contribution in [0.5, 0.6) is 0 Å². The summed E-state index contributed by atoms with van der Waals surface area (Å²) in [6.07, 6.45) is 6.29. The molecule has 3 aliphatic rings. The summed E-state index contributed by atoms with van der Waals surface area (Å²) in [5.41, 5.74) is 0. The fraction of sp³-hybridized carbons (Fsp3) is 0.778. The molecule has 3 saturated heterocycles. The van der Waals surface area contributed by atoms with Gasteiger partial charge in [-0.05, 0) is 55.8 Å². The second-order valence-corrected chi connectivity index (χ2v) is 12.0. The van der Waals surface area contributed by atoms with E-state index in [1.54, 1.807) is 6.07 Å². The van der Waals surface area contributed by atoms with Crippen LogP contribution in [0.3, 0.4) is 0 Å². The highest BCUT2D eigenvalue weighted by molar-refractivity contribution is 6.29. The van der Waals surface area contributed by atoms with Crippen molar-refractivity contribution < 1.29 is 18.9 Å². The molecule has 1 N–H and O–H groups in total. The summed E-state index contributed by atoms with van der Waals surface area (Å²) in [5.74, 6) is 2.27. The molecule has 4 rings (SSSR count). The van der Waals surface area contributed by atoms with E-state index in [2.05, 4.69) is 36.1 Å². The van der Waals surface area contributed by atoms with Crippen LogP contribution < -0.4 is 5.32 Å². The van der Waals surface area contributed by atoms with Gasteiger partial charge in [-0.2, -0.15) is 0 Å². The van der Waals surface area contributed by atoms with Crippen LogP contribution in [0.2, 0.25) is 5.15 Å². The fourth-order valence-electron chi connectivity index (χ4n) is 6.31. The molecule has 4 heterocycles. The van der Waals surface area contributed by atoms with Crippen molar-refractivity contribution in [1.29, 1.82) is 0 Å². The zero-order valence-electron chi connectivity index (χ0n) is 21.9. The molecule has 0 unspecified atom stereocenters. The lowest BCUT2D eigenvalue weighted by atomic mass is 9.77. The Morgan fingerprint density at radius 1 is 1.22 bits per heavy atom. The van der Waals surface area contributed by atoms with Gasteiger partial charge in [0.2, 0.25) is 17.7 Å². The van der Waals surface area contributed by atoms with Crippen LogP contribution in [-0.2, 0) is 20.8 Å². The van der Waals surface area contributed by atoms with Crippen molar-refractivity contribution in [3.05, 3.63) is 17.0 Å². The number of hydrogen-bond acceptors (Lipinski definition) is 5. The molecule has 0 saturated carbocycles. The first-order chi connectivity index (χ1) is 17.2. The Kier molecular flexibility index (Phi) is 8.96. The quantitative estimate of drug-likeness (QED) is 0.645. The van der Waals surface area contributed by atoms with Crippen LogP contribution in [0.4, 0.5) is 0 Å². The Morgan fingerprint density at radius 2 is 2.03 bits per heavy atom. The largest absolute Gasteiger partial charge is 0.360 e. The van der Waals surface area contributed by atoms with Crippen LogP contribution in [-0.4, -0.2) is 64.4 Å². The number of amides is 3. The molecule has 3 aliphatic heterocycles. The number of nitrogens with zero attached hydrogens (tertiary/aromatic N) is 3. The Balaban J connectivity index is 1.43. The number of aryl methyl sites for hydroxylation is 1. The van der Waals surface area contributed by atoms with Crippen LogP contribution in [0.15, 0.2) is 10.6 Å². The van der Waals surface area contributed by atoms with Gasteiger partial charge in [0.15, 0.2) is 5.15 Å². The first kappa shape index (κ1) is 27.0. The van der Waals surface area contributed by atoms with E-state index < -0.39 is 0 Å². The molecule has 0 spiro atoms. The summed E-state index contributed by atoms with van der Waals surface area (Å²) in [6, 6.07) is 1.89. The molecule has 8 nitrogen and oxygen atoms in total. The van der Waals surface area contributed by atoms with Gasteiger partial charge in [0, 0.05) is 63.5 Å². The standard InChI is InChI=1S/C27H41ClN4O4/c1-17(2)22-9-7-18(3)11-27(35)32-15-19-12-20(23(32)5-4-6-25(33)29-22)16-31(14-19)26(34)10-8-21-13-24(28)30-36-21/h13,17-20,22-23H,4-12,14-16H2,1-3H3,(H,29,33)/t18-,19+,20-,22+,23+/m1/s1. The van der Waals surface area contributed by atoms with E-state index in [1.165, 1.54) is 0 Å². The van der Waals surface area contributed by atoms with Gasteiger partial charge in [0.25, 0.3) is 0 Å². The van der Waals surface area contributed by atoms with E-state index in [0.29, 0.717) is 68.1 Å². The predicted octanol–water partition coefficient (Wildman–Crippen LogP) is 4.07. The van der Waals surface area contributed by atoms with Gasteiger partial charge in [0.05, 0.1) is 0 Å². The van der Waals surface area contributed by atoms with Crippen LogP contribution in [0, 0.1) is 23.7 Å². The van der Waals surface area contributed by atoms with E-state index in [-0.39, 0.29) is 41.6 Å². The zero-order chi connectivity index (χ0) is 25.8. The van der Waals surface area contributed by atoms with Crippen LogP contribution in [0.1, 0.15) is 77.9 Å². The first-order valence-electron chi connectivity index (χ1n) is 13.7. The molecule has 3 fully saturated rings. The van der Waals surface area contributed by atoms with Gasteiger partial charge in [-0.1, -0.05) is 37.5 Å². The minimum absolute atomic E-state index is 0.0825. The molecular weight excluding hydrogens is 480 g/mol. The maximum Gasteiger partial charge on any atom is 0.223 e. The Labute approximate surface area is 219 Å². The molecule has 0 aliphatic carbocycles. The van der Waals surface area contributed by atoms with E-state index in [9.17, 15) is 14.4 Å². The van der Waals surface area contributed by atoms with Gasteiger partial charge >= 0.3 is 0 Å². The lowest BCUT2D eigenvalue weighted by molar-refractivity contribution is -0.146. The number of hydrogen-bond donors (Lipinski definition) is 1. The summed E-state index contributed by atoms with van der Waals surface area (Å²) in [5, 5.41) is 7.22. The molecule has 5 atom stereocenters. The molecular formula is C27H41ClN4O4. The number of piperidine rings is 2. The molecule has 0 aromatic carbocycles. The summed E-state index contributed by atoms with van der Waals surface area (Å²) in [6.45, 7) is 8.50. The predicted molar refractivity (Wildman–Crippen MR) is 137 cm³/mol. The minimum atomic E-state index is 0.0825. The van der Waals surface area contributed by atoms with Gasteiger partial charge in [-0.15, -0.1) is 0 Å². The average molecular weight is 521 g/mol. The molecule has 2 bridgehead atoms. The van der Waals surface area contributed by atoms with Crippen molar-refractivity contribution in [2.24, 2.45) is 23.7 Å². The molecule has 200 valence electrons. The lowest BCUT2D eigenvalue weighted by Gasteiger charge is -2.51. The van der Waals surface area contributed by atoms with Crippen molar-refractivity contribution in [1.82, 2.24) is 20.3 Å². The fourth-order valence-corrected chi connectivity index (χ4v) is 6.46. The topological polar surface area (TPSA) is 95.8 Å². The van der Waals surface area contributed by atoms with Crippen molar-refractivity contribution in [2.45, 2.75) is 90.6 Å². The maximum atomic E-state index is 13.5. The number of halogens is 1. The number of fused-ring (bicyclic) bond motifs is 4. The number of aromatic nitrogens is 1. The molecule has 1 aromatic rings. The monoisotopic (exact) mass is 520 g/mol. The summed E-state index contributed by atoms with van der Waals surface area (Å²) in [7, 11) is 0. The van der Waals surface area contributed by atoms with Gasteiger partial charge in [0.1, 0.15) is 5.76 Å². The number of carbonyl (C=O) groups excluding carboxylic acids is 3. The number of likely N-dealkylation sites (tertiary alicyclic amines) is 1. The molecule has 9 heteroatoms. The van der Waals surface area contributed by atoms with E-state index >= 15 is 0 Å². The third kappa shape index (κ3) is 6.81. The van der Waals surface area contributed by atoms with Gasteiger partial charge in [-0.3, -0.25) is 14.4 Å². The van der Waals surface area contributed by atoms with E-state index in [4.69, 9.17) is 16.1 Å². The van der Waals surface area contributed by atoms with E-state index in [0.717, 1.165) is 32.1 Å². The highest BCUT2D eigenvalue weighted by Gasteiger charge is 2.43. The average Bonchev–Trinajstić information content (AvgIpc) is 3.25. The maximum absolute atomic E-state index is 13.5. The van der Waals surface area contributed by atoms with Crippen molar-refractivity contribution >= 4 is 29.3 Å². The number of rotatable bonds is 4. The Hall–Kier alpha value is -2.09. The lowest BCUT2D eigenvalue weighted by Crippen LogP contribution is -2.60. The van der Waals surface area contributed by atoms with Crippen molar-refractivity contribution in [2.75, 3.05) is 19.6 Å². The SMILES string of the molecule is CC(C)[C@@H]1CC[C@@H](C)CC(=O)N2C[C@H]3C[C@H](CN(C(=O)CCc4cc(Cl)no4)C3)[C@@H]2CCCC(=O)N1. The van der Waals surface area contributed by atoms with Crippen LogP contribution in [0.25, 0.3) is 0 Å². The van der Waals surface area contributed by atoms with Crippen LogP contribution >= 0.6 is 11.6 Å². The number of carbonyl (C=O) groups is 3. The summed E-state index contributed by atoms with van der Waals surface area (Å²) >= 11 is 5.82. The summed E-state index contributed by atoms with van der Waals surface area (Å²) < 4.78 is 5.14. The molecule has 0 radical (unpaired) electrons. The van der Waals surface area contributed by atoms with Gasteiger partial charge in [-0.25, -0.2) is 0 Å². The third-order valence-corrected chi connectivity index (χ3v) is 8.48. The number of nitrogens with one attached hydrogen (secondary N) is 1. The first-order valence-corrected chi connectivity index (χ1v) is 14.0. The molecule has 36 heavy (non-hydrogen) atoms. The molecule has 3 amide bonds. The van der Waals surface area contributed by atoms with Crippen molar-refractivity contribution in [3.8, 4) is 0 Å². The highest BCUT2D eigenvalue weighted by atomic mass is 35.5. The summed E-state index contributed by atoms with van der Waals surface area (Å²) in [4.78, 5) is 43.3. The Morgan fingerprint density at radius 3 is 2.75 bits per heavy atom. The molecule has 1 aromatic heterocycles. The Bertz CT molecular complexity index is 935. The second kappa shape index (κ2) is 12.0. The second-order valence-electron chi connectivity index (χ2n) is 11.6. The van der Waals surface area contributed by atoms with Gasteiger partial charge < -0.3 is 19.6 Å². The highest BCUT2D eigenvalue weighted by Crippen LogP contribution is 2.37. The zero-order valence-corrected chi connectivity index (χ0v) is 22.6. The minimum Gasteiger partial charge on any atom is -0.360 e. The van der Waals surface area contributed by atoms with Crippen molar-refractivity contribution in [3.63, 3.8) is 0 Å². The third-order valence-electron chi connectivity index (χ3n) is 8.31. The van der Waals surface area contributed by atoms with E-state index in [1.807, 2.05) is 4.90 Å². The smallest absolute Gasteiger partial charge is 0.223 e. The normalized spacial score (nSPS) is 30.2.